The van der Waals surface area contributed by atoms with Gasteiger partial charge in [0, 0.05) is 24.5 Å². The van der Waals surface area contributed by atoms with E-state index >= 15 is 0 Å². The summed E-state index contributed by atoms with van der Waals surface area (Å²) in [5, 5.41) is 6.37. The summed E-state index contributed by atoms with van der Waals surface area (Å²) in [7, 11) is 0. The van der Waals surface area contributed by atoms with Crippen LogP contribution in [0.5, 0.6) is 0 Å². The van der Waals surface area contributed by atoms with E-state index in [4.69, 9.17) is 0 Å². The molecule has 16 heavy (non-hydrogen) atoms. The topological polar surface area (TPSA) is 65.6 Å². The third-order valence-electron chi connectivity index (χ3n) is 2.15. The maximum Gasteiger partial charge on any atom is 0.131 e. The summed E-state index contributed by atoms with van der Waals surface area (Å²) in [6.07, 6.45) is 3.45. The van der Waals surface area contributed by atoms with Gasteiger partial charge in [0.25, 0.3) is 0 Å². The predicted molar refractivity (Wildman–Crippen MR) is 64.3 cm³/mol. The fourth-order valence-corrected chi connectivity index (χ4v) is 1.40. The van der Waals surface area contributed by atoms with Crippen LogP contribution in [0.4, 0.5) is 11.6 Å². The van der Waals surface area contributed by atoms with Crippen LogP contribution in [-0.4, -0.2) is 21.5 Å². The molecular formula is C11H15N5. The van der Waals surface area contributed by atoms with Crippen molar-refractivity contribution in [1.82, 2.24) is 15.0 Å². The highest BCUT2D eigenvalue weighted by Crippen LogP contribution is 2.09. The average molecular weight is 217 g/mol. The Morgan fingerprint density at radius 1 is 1.25 bits per heavy atom. The van der Waals surface area contributed by atoms with Gasteiger partial charge in [-0.3, -0.25) is 0 Å². The normalized spacial score (nSPS) is 10.1. The maximum absolute atomic E-state index is 4.14. The lowest BCUT2D eigenvalue weighted by molar-refractivity contribution is 1.03. The average Bonchev–Trinajstić information content (AvgIpc) is 2.80. The van der Waals surface area contributed by atoms with Crippen LogP contribution in [-0.2, 0) is 6.54 Å². The van der Waals surface area contributed by atoms with Crippen molar-refractivity contribution >= 4 is 11.6 Å². The first-order chi connectivity index (χ1) is 7.88. The van der Waals surface area contributed by atoms with Gasteiger partial charge in [-0.1, -0.05) is 0 Å². The number of hydrogen-bond acceptors (Lipinski definition) is 4. The zero-order chi connectivity index (χ0) is 11.2. The van der Waals surface area contributed by atoms with Crippen LogP contribution in [0.2, 0.25) is 0 Å². The number of anilines is 2. The summed E-state index contributed by atoms with van der Waals surface area (Å²) in [5.74, 6) is 1.66. The van der Waals surface area contributed by atoms with E-state index in [2.05, 4.69) is 25.6 Å². The summed E-state index contributed by atoms with van der Waals surface area (Å²) in [4.78, 5) is 11.4. The van der Waals surface area contributed by atoms with Gasteiger partial charge in [-0.2, -0.15) is 0 Å². The lowest BCUT2D eigenvalue weighted by Gasteiger charge is -2.06. The van der Waals surface area contributed by atoms with Crippen LogP contribution in [0.15, 0.2) is 30.7 Å². The Morgan fingerprint density at radius 3 is 2.75 bits per heavy atom. The first-order valence-electron chi connectivity index (χ1n) is 5.30. The van der Waals surface area contributed by atoms with Gasteiger partial charge in [-0.25, -0.2) is 9.97 Å². The third kappa shape index (κ3) is 2.73. The van der Waals surface area contributed by atoms with Crippen molar-refractivity contribution in [2.45, 2.75) is 13.5 Å². The monoisotopic (exact) mass is 217 g/mol. The molecule has 84 valence electrons. The van der Waals surface area contributed by atoms with Gasteiger partial charge >= 0.3 is 0 Å². The first kappa shape index (κ1) is 10.5. The molecule has 2 rings (SSSR count). The SMILES string of the molecule is CCNc1cc(NCc2ccc[nH]2)ncn1. The zero-order valence-electron chi connectivity index (χ0n) is 9.20. The minimum absolute atomic E-state index is 0.732. The standard InChI is InChI=1S/C11H15N5/c1-2-12-10-6-11(16-8-15-10)14-7-9-4-3-5-13-9/h3-6,8,13H,2,7H2,1H3,(H2,12,14,15,16). The molecule has 5 heteroatoms. The Kier molecular flexibility index (Phi) is 3.38. The second-order valence-corrected chi connectivity index (χ2v) is 3.37. The summed E-state index contributed by atoms with van der Waals surface area (Å²) >= 11 is 0. The molecule has 0 saturated heterocycles. The number of hydrogen-bond donors (Lipinski definition) is 3. The van der Waals surface area contributed by atoms with Crippen LogP contribution in [0.1, 0.15) is 12.6 Å². The molecule has 0 aromatic carbocycles. The van der Waals surface area contributed by atoms with Crippen LogP contribution in [0, 0.1) is 0 Å². The van der Waals surface area contributed by atoms with Crippen molar-refractivity contribution < 1.29 is 0 Å². The molecule has 0 aliphatic rings. The minimum atomic E-state index is 0.732. The molecule has 0 radical (unpaired) electrons. The zero-order valence-corrected chi connectivity index (χ0v) is 9.20. The highest BCUT2D eigenvalue weighted by Gasteiger charge is 1.97. The van der Waals surface area contributed by atoms with Crippen LogP contribution >= 0.6 is 0 Å². The van der Waals surface area contributed by atoms with Crippen LogP contribution in [0.3, 0.4) is 0 Å². The van der Waals surface area contributed by atoms with E-state index in [9.17, 15) is 0 Å². The Labute approximate surface area is 94.3 Å². The Morgan fingerprint density at radius 2 is 2.06 bits per heavy atom. The third-order valence-corrected chi connectivity index (χ3v) is 2.15. The highest BCUT2D eigenvalue weighted by atomic mass is 15.1. The molecule has 0 fully saturated rings. The molecule has 2 heterocycles. The van der Waals surface area contributed by atoms with E-state index in [1.165, 1.54) is 0 Å². The Balaban J connectivity index is 1.96. The van der Waals surface area contributed by atoms with Crippen molar-refractivity contribution in [2.24, 2.45) is 0 Å². The Bertz CT molecular complexity index is 424. The molecule has 2 aromatic rings. The fourth-order valence-electron chi connectivity index (χ4n) is 1.40. The largest absolute Gasteiger partial charge is 0.370 e. The lowest BCUT2D eigenvalue weighted by atomic mass is 10.4. The smallest absolute Gasteiger partial charge is 0.131 e. The number of nitrogens with one attached hydrogen (secondary N) is 3. The van der Waals surface area contributed by atoms with Gasteiger partial charge < -0.3 is 15.6 Å². The molecule has 0 saturated carbocycles. The quantitative estimate of drug-likeness (QED) is 0.715. The Hall–Kier alpha value is -2.04. The fraction of sp³-hybridized carbons (Fsp3) is 0.273. The molecule has 0 unspecified atom stereocenters. The van der Waals surface area contributed by atoms with E-state index < -0.39 is 0 Å². The molecule has 3 N–H and O–H groups in total. The molecule has 0 atom stereocenters. The number of H-pyrrole nitrogens is 1. The van der Waals surface area contributed by atoms with Gasteiger partial charge in [0.15, 0.2) is 0 Å². The first-order valence-corrected chi connectivity index (χ1v) is 5.30. The summed E-state index contributed by atoms with van der Waals surface area (Å²) in [6.45, 7) is 3.62. The number of rotatable bonds is 5. The molecule has 0 amide bonds. The van der Waals surface area contributed by atoms with Crippen molar-refractivity contribution in [3.8, 4) is 0 Å². The molecule has 2 aromatic heterocycles. The second kappa shape index (κ2) is 5.16. The molecule has 0 bridgehead atoms. The maximum atomic E-state index is 4.14. The number of nitrogens with zero attached hydrogens (tertiary/aromatic N) is 2. The molecule has 5 nitrogen and oxygen atoms in total. The van der Waals surface area contributed by atoms with Crippen molar-refractivity contribution in [3.63, 3.8) is 0 Å². The van der Waals surface area contributed by atoms with Gasteiger partial charge in [0.2, 0.25) is 0 Å². The van der Waals surface area contributed by atoms with E-state index in [0.717, 1.165) is 30.4 Å². The van der Waals surface area contributed by atoms with Gasteiger partial charge in [0.05, 0.1) is 6.54 Å². The lowest BCUT2D eigenvalue weighted by Crippen LogP contribution is -2.04. The molecule has 0 aliphatic carbocycles. The summed E-state index contributed by atoms with van der Waals surface area (Å²) in [6, 6.07) is 5.90. The minimum Gasteiger partial charge on any atom is -0.370 e. The van der Waals surface area contributed by atoms with E-state index in [1.807, 2.05) is 31.3 Å². The van der Waals surface area contributed by atoms with Crippen LogP contribution in [0.25, 0.3) is 0 Å². The van der Waals surface area contributed by atoms with E-state index in [1.54, 1.807) is 6.33 Å². The van der Waals surface area contributed by atoms with Crippen molar-refractivity contribution in [2.75, 3.05) is 17.2 Å². The van der Waals surface area contributed by atoms with Gasteiger partial charge in [-0.05, 0) is 19.1 Å². The second-order valence-electron chi connectivity index (χ2n) is 3.37. The van der Waals surface area contributed by atoms with Crippen molar-refractivity contribution in [1.29, 1.82) is 0 Å². The summed E-state index contributed by atoms with van der Waals surface area (Å²) in [5.41, 5.74) is 1.13. The number of aromatic amines is 1. The molecule has 0 aliphatic heterocycles. The summed E-state index contributed by atoms with van der Waals surface area (Å²) < 4.78 is 0. The van der Waals surface area contributed by atoms with Gasteiger partial charge in [0.1, 0.15) is 18.0 Å². The highest BCUT2D eigenvalue weighted by molar-refractivity contribution is 5.46. The van der Waals surface area contributed by atoms with Gasteiger partial charge in [-0.15, -0.1) is 0 Å². The molecule has 0 spiro atoms. The molecular weight excluding hydrogens is 202 g/mol. The van der Waals surface area contributed by atoms with E-state index in [-0.39, 0.29) is 0 Å². The van der Waals surface area contributed by atoms with E-state index in [0.29, 0.717) is 0 Å². The predicted octanol–water partition coefficient (Wildman–Crippen LogP) is 1.85. The number of aromatic nitrogens is 3. The van der Waals surface area contributed by atoms with Crippen molar-refractivity contribution in [3.05, 3.63) is 36.4 Å². The van der Waals surface area contributed by atoms with Crippen LogP contribution < -0.4 is 10.6 Å².